The van der Waals surface area contributed by atoms with E-state index in [1.807, 2.05) is 48.2 Å². The standard InChI is InChI=1S/C16H14N2OS/c1-2-16(19)18-12-5-3-4-6-14(12)20-15-8-7-11(10-17)9-13(15)18/h3-9,16,19H,2H2,1H3. The summed E-state index contributed by atoms with van der Waals surface area (Å²) >= 11 is 1.67. The van der Waals surface area contributed by atoms with Crippen LogP contribution in [0, 0.1) is 11.3 Å². The molecule has 3 rings (SSSR count). The van der Waals surface area contributed by atoms with Crippen LogP contribution >= 0.6 is 11.8 Å². The number of anilines is 2. The summed E-state index contributed by atoms with van der Waals surface area (Å²) in [5.74, 6) is 0. The van der Waals surface area contributed by atoms with Gasteiger partial charge in [-0.1, -0.05) is 30.8 Å². The average molecular weight is 282 g/mol. The number of hydrogen-bond donors (Lipinski definition) is 1. The number of nitriles is 1. The van der Waals surface area contributed by atoms with Crippen molar-refractivity contribution in [2.24, 2.45) is 0 Å². The van der Waals surface area contributed by atoms with Crippen LogP contribution in [0.25, 0.3) is 0 Å². The lowest BCUT2D eigenvalue weighted by atomic mass is 10.1. The zero-order valence-corrected chi connectivity index (χ0v) is 11.9. The van der Waals surface area contributed by atoms with E-state index in [9.17, 15) is 5.11 Å². The normalized spacial score (nSPS) is 14.2. The fourth-order valence-electron chi connectivity index (χ4n) is 2.36. The number of aliphatic hydroxyl groups is 1. The Bertz CT molecular complexity index is 693. The molecule has 3 nitrogen and oxygen atoms in total. The third kappa shape index (κ3) is 2.05. The first kappa shape index (κ1) is 13.0. The second-order valence-electron chi connectivity index (χ2n) is 4.62. The minimum absolute atomic E-state index is 0.593. The molecule has 0 fully saturated rings. The number of benzene rings is 2. The Morgan fingerprint density at radius 3 is 2.70 bits per heavy atom. The maximum Gasteiger partial charge on any atom is 0.131 e. The molecule has 4 heteroatoms. The predicted octanol–water partition coefficient (Wildman–Crippen LogP) is 3.89. The van der Waals surface area contributed by atoms with Gasteiger partial charge in [0.15, 0.2) is 0 Å². The number of nitrogens with zero attached hydrogens (tertiary/aromatic N) is 2. The molecule has 0 amide bonds. The van der Waals surface area contributed by atoms with Crippen LogP contribution in [0.15, 0.2) is 52.3 Å². The van der Waals surface area contributed by atoms with E-state index in [-0.39, 0.29) is 0 Å². The van der Waals surface area contributed by atoms with Crippen molar-refractivity contribution in [3.8, 4) is 6.07 Å². The lowest BCUT2D eigenvalue weighted by molar-refractivity contribution is 0.175. The van der Waals surface area contributed by atoms with Crippen LogP contribution in [0.5, 0.6) is 0 Å². The van der Waals surface area contributed by atoms with E-state index < -0.39 is 6.23 Å². The first-order valence-electron chi connectivity index (χ1n) is 6.53. The third-order valence-electron chi connectivity index (χ3n) is 3.36. The van der Waals surface area contributed by atoms with Gasteiger partial charge in [-0.05, 0) is 36.8 Å². The fourth-order valence-corrected chi connectivity index (χ4v) is 3.41. The van der Waals surface area contributed by atoms with E-state index in [2.05, 4.69) is 12.1 Å². The SMILES string of the molecule is CCC(O)N1c2ccccc2Sc2ccc(C#N)cc21. The van der Waals surface area contributed by atoms with Crippen molar-refractivity contribution in [3.63, 3.8) is 0 Å². The minimum atomic E-state index is -0.593. The van der Waals surface area contributed by atoms with E-state index in [0.29, 0.717) is 12.0 Å². The van der Waals surface area contributed by atoms with Crippen LogP contribution in [0.1, 0.15) is 18.9 Å². The maximum atomic E-state index is 10.4. The van der Waals surface area contributed by atoms with Crippen LogP contribution in [0.4, 0.5) is 11.4 Å². The van der Waals surface area contributed by atoms with Crippen LogP contribution in [-0.4, -0.2) is 11.3 Å². The Hall–Kier alpha value is -1.96. The quantitative estimate of drug-likeness (QED) is 0.907. The first-order chi connectivity index (χ1) is 9.74. The Kier molecular flexibility index (Phi) is 3.39. The largest absolute Gasteiger partial charge is 0.373 e. The highest BCUT2D eigenvalue weighted by Gasteiger charge is 2.27. The summed E-state index contributed by atoms with van der Waals surface area (Å²) in [7, 11) is 0. The van der Waals surface area contributed by atoms with Gasteiger partial charge in [-0.25, -0.2) is 0 Å². The van der Waals surface area contributed by atoms with Gasteiger partial charge in [-0.2, -0.15) is 5.26 Å². The lowest BCUT2D eigenvalue weighted by Crippen LogP contribution is -2.32. The molecule has 20 heavy (non-hydrogen) atoms. The highest BCUT2D eigenvalue weighted by atomic mass is 32.2. The molecule has 0 radical (unpaired) electrons. The Labute approximate surface area is 122 Å². The van der Waals surface area contributed by atoms with Crippen molar-refractivity contribution in [1.29, 1.82) is 5.26 Å². The molecule has 1 heterocycles. The smallest absolute Gasteiger partial charge is 0.131 e. The molecule has 1 aliphatic rings. The second kappa shape index (κ2) is 5.20. The van der Waals surface area contributed by atoms with Gasteiger partial charge < -0.3 is 10.0 Å². The van der Waals surface area contributed by atoms with Gasteiger partial charge in [0, 0.05) is 9.79 Å². The highest BCUT2D eigenvalue weighted by molar-refractivity contribution is 7.99. The van der Waals surface area contributed by atoms with Gasteiger partial charge in [0.1, 0.15) is 6.23 Å². The zero-order valence-electron chi connectivity index (χ0n) is 11.1. The average Bonchev–Trinajstić information content (AvgIpc) is 2.51. The van der Waals surface area contributed by atoms with Crippen molar-refractivity contribution in [2.45, 2.75) is 29.4 Å². The number of rotatable bonds is 2. The van der Waals surface area contributed by atoms with E-state index in [1.165, 1.54) is 0 Å². The van der Waals surface area contributed by atoms with Crippen molar-refractivity contribution < 1.29 is 5.11 Å². The summed E-state index contributed by atoms with van der Waals surface area (Å²) in [5, 5.41) is 19.5. The van der Waals surface area contributed by atoms with Crippen molar-refractivity contribution in [1.82, 2.24) is 0 Å². The molecule has 1 aliphatic heterocycles. The Morgan fingerprint density at radius 1 is 1.20 bits per heavy atom. The van der Waals surface area contributed by atoms with E-state index >= 15 is 0 Å². The van der Waals surface area contributed by atoms with Crippen molar-refractivity contribution >= 4 is 23.1 Å². The number of para-hydroxylation sites is 1. The van der Waals surface area contributed by atoms with Crippen LogP contribution in [0.2, 0.25) is 0 Å². The molecular formula is C16H14N2OS. The topological polar surface area (TPSA) is 47.3 Å². The number of aliphatic hydroxyl groups excluding tert-OH is 1. The number of hydrogen-bond acceptors (Lipinski definition) is 4. The molecule has 0 spiro atoms. The monoisotopic (exact) mass is 282 g/mol. The molecule has 1 unspecified atom stereocenters. The molecule has 0 bridgehead atoms. The van der Waals surface area contributed by atoms with Crippen LogP contribution < -0.4 is 4.90 Å². The summed E-state index contributed by atoms with van der Waals surface area (Å²) in [6.45, 7) is 1.95. The number of fused-ring (bicyclic) bond motifs is 2. The van der Waals surface area contributed by atoms with Gasteiger partial charge >= 0.3 is 0 Å². The van der Waals surface area contributed by atoms with E-state index in [0.717, 1.165) is 21.2 Å². The first-order valence-corrected chi connectivity index (χ1v) is 7.34. The highest BCUT2D eigenvalue weighted by Crippen LogP contribution is 2.49. The predicted molar refractivity (Wildman–Crippen MR) is 80.2 cm³/mol. The Morgan fingerprint density at radius 2 is 1.95 bits per heavy atom. The van der Waals surface area contributed by atoms with Gasteiger partial charge in [-0.15, -0.1) is 0 Å². The molecule has 0 aromatic heterocycles. The molecule has 2 aromatic rings. The van der Waals surface area contributed by atoms with Gasteiger partial charge in [0.05, 0.1) is 23.0 Å². The molecule has 1 N–H and O–H groups in total. The zero-order chi connectivity index (χ0) is 14.1. The molecule has 1 atom stereocenters. The van der Waals surface area contributed by atoms with Gasteiger partial charge in [0.2, 0.25) is 0 Å². The maximum absolute atomic E-state index is 10.4. The molecule has 2 aromatic carbocycles. The second-order valence-corrected chi connectivity index (χ2v) is 5.71. The van der Waals surface area contributed by atoms with Crippen LogP contribution in [0.3, 0.4) is 0 Å². The van der Waals surface area contributed by atoms with E-state index in [4.69, 9.17) is 5.26 Å². The third-order valence-corrected chi connectivity index (χ3v) is 4.49. The Balaban J connectivity index is 2.19. The summed E-state index contributed by atoms with van der Waals surface area (Å²) in [4.78, 5) is 4.11. The van der Waals surface area contributed by atoms with Crippen molar-refractivity contribution in [3.05, 3.63) is 48.0 Å². The van der Waals surface area contributed by atoms with Crippen LogP contribution in [-0.2, 0) is 0 Å². The van der Waals surface area contributed by atoms with Gasteiger partial charge in [0.25, 0.3) is 0 Å². The molecule has 0 saturated heterocycles. The summed E-state index contributed by atoms with van der Waals surface area (Å²) in [6, 6.07) is 15.8. The molecule has 100 valence electrons. The minimum Gasteiger partial charge on any atom is -0.373 e. The summed E-state index contributed by atoms with van der Waals surface area (Å²) in [6.07, 6.45) is 0.0274. The van der Waals surface area contributed by atoms with Crippen molar-refractivity contribution in [2.75, 3.05) is 4.90 Å². The molecular weight excluding hydrogens is 268 g/mol. The van der Waals surface area contributed by atoms with Gasteiger partial charge in [-0.3, -0.25) is 0 Å². The summed E-state index contributed by atoms with van der Waals surface area (Å²) in [5.41, 5.74) is 2.51. The molecule has 0 aliphatic carbocycles. The lowest BCUT2D eigenvalue weighted by Gasteiger charge is -2.35. The molecule has 0 saturated carbocycles. The fraction of sp³-hybridized carbons (Fsp3) is 0.188. The summed E-state index contributed by atoms with van der Waals surface area (Å²) < 4.78 is 0. The van der Waals surface area contributed by atoms with E-state index in [1.54, 1.807) is 11.8 Å².